The topological polar surface area (TPSA) is 112 Å². The van der Waals surface area contributed by atoms with Crippen LogP contribution in [0.4, 0.5) is 0 Å². The molecule has 5 atom stereocenters. The molecule has 1 N–H and O–H groups in total. The van der Waals surface area contributed by atoms with Gasteiger partial charge in [-0.25, -0.2) is 4.79 Å². The minimum Gasteiger partial charge on any atom is -0.506 e. The summed E-state index contributed by atoms with van der Waals surface area (Å²) in [6.45, 7) is 19.2. The SMILES string of the molecule is CC(C)=CCC[C@]1(C)C=Cc2c(O)c3c(c(CC=C(C)C)c2O1)O[C@]12C(=C[C@@H]4CC1C(C)(C)O[C@@]2(C/C=C(/C)C(=O)OCCCN1CCCCC1)C4=O)C3=O. The molecule has 4 bridgehead atoms. The van der Waals surface area contributed by atoms with Gasteiger partial charge in [-0.1, -0.05) is 41.9 Å². The predicted molar refractivity (Wildman–Crippen MR) is 212 cm³/mol. The first kappa shape index (κ1) is 39.3. The maximum absolute atomic E-state index is 15.0. The molecule has 9 heteroatoms. The van der Waals surface area contributed by atoms with Crippen LogP contribution in [0.2, 0.25) is 0 Å². The van der Waals surface area contributed by atoms with E-state index in [1.54, 1.807) is 19.1 Å². The summed E-state index contributed by atoms with van der Waals surface area (Å²) in [5.41, 5.74) is -0.398. The molecular formula is C46H59NO8. The second kappa shape index (κ2) is 14.5. The van der Waals surface area contributed by atoms with Crippen molar-refractivity contribution in [2.24, 2.45) is 11.8 Å². The number of allylic oxidation sites excluding steroid dienone is 5. The number of carbonyl (C=O) groups excluding carboxylic acids is 3. The van der Waals surface area contributed by atoms with Crippen molar-refractivity contribution in [1.29, 1.82) is 0 Å². The Morgan fingerprint density at radius 2 is 1.71 bits per heavy atom. The van der Waals surface area contributed by atoms with Gasteiger partial charge in [-0.3, -0.25) is 9.59 Å². The van der Waals surface area contributed by atoms with Crippen molar-refractivity contribution in [1.82, 2.24) is 4.90 Å². The summed E-state index contributed by atoms with van der Waals surface area (Å²) in [6, 6.07) is 0. The van der Waals surface area contributed by atoms with Gasteiger partial charge in [0.1, 0.15) is 28.4 Å². The molecular weight excluding hydrogens is 695 g/mol. The fraction of sp³-hybridized carbons (Fsp3) is 0.587. The summed E-state index contributed by atoms with van der Waals surface area (Å²) < 4.78 is 26.7. The van der Waals surface area contributed by atoms with Crippen LogP contribution in [-0.4, -0.2) is 76.2 Å². The van der Waals surface area contributed by atoms with Crippen molar-refractivity contribution >= 4 is 23.6 Å². The first-order valence-electron chi connectivity index (χ1n) is 20.4. The maximum Gasteiger partial charge on any atom is 0.333 e. The van der Waals surface area contributed by atoms with Crippen LogP contribution in [0.3, 0.4) is 0 Å². The number of carbonyl (C=O) groups is 3. The molecule has 1 spiro atoms. The van der Waals surface area contributed by atoms with E-state index in [2.05, 4.69) is 30.9 Å². The molecule has 55 heavy (non-hydrogen) atoms. The number of hydrogen-bond donors (Lipinski definition) is 1. The molecule has 3 fully saturated rings. The summed E-state index contributed by atoms with van der Waals surface area (Å²) >= 11 is 0. The Balaban J connectivity index is 1.27. The fourth-order valence-corrected chi connectivity index (χ4v) is 9.92. The van der Waals surface area contributed by atoms with Crippen LogP contribution in [0.1, 0.15) is 128 Å². The number of piperidine rings is 1. The number of ketones is 2. The van der Waals surface area contributed by atoms with E-state index in [1.165, 1.54) is 24.8 Å². The number of aromatic hydroxyl groups is 1. The van der Waals surface area contributed by atoms with Crippen LogP contribution >= 0.6 is 0 Å². The zero-order valence-electron chi connectivity index (χ0n) is 34.1. The van der Waals surface area contributed by atoms with Gasteiger partial charge < -0.3 is 29.0 Å². The summed E-state index contributed by atoms with van der Waals surface area (Å²) in [4.78, 5) is 45.4. The highest BCUT2D eigenvalue weighted by atomic mass is 16.6. The average molecular weight is 754 g/mol. The summed E-state index contributed by atoms with van der Waals surface area (Å²) in [5, 5.41) is 12.0. The Morgan fingerprint density at radius 3 is 2.42 bits per heavy atom. The second-order valence-corrected chi connectivity index (χ2v) is 17.8. The van der Waals surface area contributed by atoms with E-state index in [9.17, 15) is 19.5 Å². The number of hydrogen-bond acceptors (Lipinski definition) is 9. The van der Waals surface area contributed by atoms with Crippen LogP contribution in [0.25, 0.3) is 6.08 Å². The monoisotopic (exact) mass is 753 g/mol. The van der Waals surface area contributed by atoms with Crippen molar-refractivity contribution in [3.05, 3.63) is 69.4 Å². The molecule has 3 aliphatic carbocycles. The van der Waals surface area contributed by atoms with Gasteiger partial charge in [-0.05, 0) is 126 Å². The van der Waals surface area contributed by atoms with Crippen molar-refractivity contribution < 1.29 is 38.4 Å². The Labute approximate surface area is 326 Å². The van der Waals surface area contributed by atoms with E-state index in [0.29, 0.717) is 53.9 Å². The first-order chi connectivity index (χ1) is 26.0. The molecule has 0 aromatic heterocycles. The number of nitrogens with zero attached hydrogens (tertiary/aromatic N) is 1. The highest BCUT2D eigenvalue weighted by Crippen LogP contribution is 2.68. The lowest BCUT2D eigenvalue weighted by Crippen LogP contribution is -2.72. The van der Waals surface area contributed by atoms with Gasteiger partial charge in [0.05, 0.1) is 17.8 Å². The van der Waals surface area contributed by atoms with E-state index < -0.39 is 34.3 Å². The van der Waals surface area contributed by atoms with Crippen LogP contribution in [0.5, 0.6) is 17.2 Å². The van der Waals surface area contributed by atoms with E-state index in [1.807, 2.05) is 46.8 Å². The minimum absolute atomic E-state index is 0.0266. The smallest absolute Gasteiger partial charge is 0.333 e. The Bertz CT molecular complexity index is 1930. The number of esters is 1. The van der Waals surface area contributed by atoms with Crippen molar-refractivity contribution in [2.75, 3.05) is 26.2 Å². The molecule has 1 aromatic rings. The number of ether oxygens (including phenoxy) is 4. The van der Waals surface area contributed by atoms with Gasteiger partial charge in [-0.2, -0.15) is 0 Å². The number of likely N-dealkylation sites (tertiary alicyclic amines) is 1. The van der Waals surface area contributed by atoms with Crippen molar-refractivity contribution in [2.45, 2.75) is 136 Å². The maximum atomic E-state index is 15.0. The molecule has 1 saturated carbocycles. The van der Waals surface area contributed by atoms with Gasteiger partial charge in [0, 0.05) is 41.5 Å². The second-order valence-electron chi connectivity index (χ2n) is 17.8. The quantitative estimate of drug-likeness (QED) is 0.0971. The summed E-state index contributed by atoms with van der Waals surface area (Å²) in [5.74, 6) is -1.38. The standard InChI is InChI=1S/C46H59NO8/c1-28(2)14-12-19-44(8)20-18-32-37(48)36-38(49)34-26-31-27-35-43(6,7)55-45(41(31)50,46(34,35)54-40(36)33(39(32)53-44)16-15-29(3)4)21-17-30(5)42(51)52-25-13-24-47-22-10-9-11-23-47/h14-15,17-18,20,26,31,35,48H,9-13,16,19,21-25,27H2,1-8H3/b30-17-/t31-,35?,44-,45+,46-/m1/s1. The molecule has 4 heterocycles. The largest absolute Gasteiger partial charge is 0.506 e. The van der Waals surface area contributed by atoms with Crippen LogP contribution in [0.15, 0.2) is 52.7 Å². The van der Waals surface area contributed by atoms with Crippen molar-refractivity contribution in [3.63, 3.8) is 0 Å². The molecule has 8 rings (SSSR count). The normalized spacial score (nSPS) is 30.0. The molecule has 7 aliphatic rings. The molecule has 1 aromatic carbocycles. The van der Waals surface area contributed by atoms with Gasteiger partial charge in [0.25, 0.3) is 0 Å². The molecule has 1 unspecified atom stereocenters. The third-order valence-electron chi connectivity index (χ3n) is 12.8. The number of rotatable bonds is 12. The zero-order chi connectivity index (χ0) is 39.5. The van der Waals surface area contributed by atoms with Crippen LogP contribution in [-0.2, 0) is 25.5 Å². The highest BCUT2D eigenvalue weighted by molar-refractivity contribution is 6.19. The van der Waals surface area contributed by atoms with Crippen molar-refractivity contribution in [3.8, 4) is 17.2 Å². The van der Waals surface area contributed by atoms with E-state index in [-0.39, 0.29) is 41.0 Å². The lowest BCUT2D eigenvalue weighted by molar-refractivity contribution is -0.171. The predicted octanol–water partition coefficient (Wildman–Crippen LogP) is 8.57. The number of phenolic OH excluding ortho intramolecular Hbond substituents is 1. The third kappa shape index (κ3) is 6.63. The van der Waals surface area contributed by atoms with Gasteiger partial charge in [0.15, 0.2) is 22.8 Å². The summed E-state index contributed by atoms with van der Waals surface area (Å²) in [6.07, 6.45) is 18.4. The molecule has 4 aliphatic heterocycles. The van der Waals surface area contributed by atoms with Gasteiger partial charge in [-0.15, -0.1) is 0 Å². The lowest BCUT2D eigenvalue weighted by Gasteiger charge is -2.56. The zero-order valence-corrected chi connectivity index (χ0v) is 34.1. The molecule has 296 valence electrons. The Morgan fingerprint density at radius 1 is 0.982 bits per heavy atom. The number of benzene rings is 1. The third-order valence-corrected chi connectivity index (χ3v) is 12.8. The number of Topliss-reactive ketones (excluding diaryl/α,β-unsaturated/α-hetero) is 2. The fourth-order valence-electron chi connectivity index (χ4n) is 9.92. The Kier molecular flexibility index (Phi) is 10.4. The Hall–Kier alpha value is -3.95. The average Bonchev–Trinajstić information content (AvgIpc) is 3.29. The first-order valence-corrected chi connectivity index (χ1v) is 20.4. The molecule has 0 amide bonds. The van der Waals surface area contributed by atoms with Gasteiger partial charge in [0.2, 0.25) is 0 Å². The minimum atomic E-state index is -1.59. The number of phenols is 1. The number of fused-ring (bicyclic) bond motifs is 2. The van der Waals surface area contributed by atoms with E-state index in [0.717, 1.165) is 38.0 Å². The van der Waals surface area contributed by atoms with Crippen LogP contribution < -0.4 is 9.47 Å². The van der Waals surface area contributed by atoms with Crippen LogP contribution in [0, 0.1) is 11.8 Å². The molecule has 9 nitrogen and oxygen atoms in total. The molecule has 2 saturated heterocycles. The van der Waals surface area contributed by atoms with E-state index in [4.69, 9.17) is 18.9 Å². The lowest BCUT2D eigenvalue weighted by atomic mass is 9.51. The van der Waals surface area contributed by atoms with Gasteiger partial charge >= 0.3 is 5.97 Å². The highest BCUT2D eigenvalue weighted by Gasteiger charge is 2.81. The van der Waals surface area contributed by atoms with E-state index >= 15 is 0 Å². The summed E-state index contributed by atoms with van der Waals surface area (Å²) in [7, 11) is 0. The molecule has 0 radical (unpaired) electrons.